The maximum Gasteiger partial charge on any atom is 0.123 e. The lowest BCUT2D eigenvalue weighted by Crippen LogP contribution is -2.47. The molecule has 3 heteroatoms. The number of hydrogen-bond donors (Lipinski definition) is 1. The number of nitrogens with zero attached hydrogens (tertiary/aromatic N) is 1. The van der Waals surface area contributed by atoms with E-state index in [4.69, 9.17) is 0 Å². The first kappa shape index (κ1) is 15.0. The number of piperidine rings is 1. The van der Waals surface area contributed by atoms with E-state index in [1.165, 1.54) is 50.7 Å². The van der Waals surface area contributed by atoms with E-state index in [0.29, 0.717) is 12.0 Å². The van der Waals surface area contributed by atoms with E-state index < -0.39 is 6.10 Å². The van der Waals surface area contributed by atoms with Crippen molar-refractivity contribution in [1.82, 2.24) is 4.90 Å². The van der Waals surface area contributed by atoms with Gasteiger partial charge < -0.3 is 10.0 Å². The van der Waals surface area contributed by atoms with Gasteiger partial charge in [0.15, 0.2) is 0 Å². The highest BCUT2D eigenvalue weighted by molar-refractivity contribution is 5.18. The number of hydrogen-bond acceptors (Lipinski definition) is 2. The molecule has 0 spiro atoms. The van der Waals surface area contributed by atoms with Crippen molar-refractivity contribution in [3.63, 3.8) is 0 Å². The molecule has 3 rings (SSSR count). The Morgan fingerprint density at radius 3 is 2.86 bits per heavy atom. The van der Waals surface area contributed by atoms with Crippen LogP contribution in [0, 0.1) is 11.7 Å². The van der Waals surface area contributed by atoms with Gasteiger partial charge in [-0.25, -0.2) is 4.39 Å². The summed E-state index contributed by atoms with van der Waals surface area (Å²) in [5.41, 5.74) is 0.701. The monoisotopic (exact) mass is 291 g/mol. The zero-order valence-electron chi connectivity index (χ0n) is 12.7. The predicted molar refractivity (Wildman–Crippen MR) is 82.5 cm³/mol. The van der Waals surface area contributed by atoms with Crippen LogP contribution in [0.3, 0.4) is 0 Å². The van der Waals surface area contributed by atoms with Crippen molar-refractivity contribution in [1.29, 1.82) is 0 Å². The van der Waals surface area contributed by atoms with Crippen molar-refractivity contribution in [2.45, 2.75) is 57.1 Å². The van der Waals surface area contributed by atoms with Crippen LogP contribution in [-0.4, -0.2) is 29.1 Å². The van der Waals surface area contributed by atoms with Gasteiger partial charge in [0.05, 0.1) is 6.10 Å². The summed E-state index contributed by atoms with van der Waals surface area (Å²) in [6.07, 6.45) is 8.27. The molecule has 3 unspecified atom stereocenters. The molecule has 1 saturated carbocycles. The molecule has 1 N–H and O–H groups in total. The highest BCUT2D eigenvalue weighted by atomic mass is 19.1. The molecule has 3 atom stereocenters. The Balaban J connectivity index is 1.56. The summed E-state index contributed by atoms with van der Waals surface area (Å²) in [6, 6.07) is 7.09. The standard InChI is InChI=1S/C18H26FNO/c19-16-8-3-6-15(13-16)18(21)10-12-20-11-4-7-14-5-1-2-9-17(14)20/h3,6,8,13-14,17-18,21H,1-2,4-5,7,9-12H2. The number of aliphatic hydroxyl groups excluding tert-OH is 1. The van der Waals surface area contributed by atoms with Gasteiger partial charge in [-0.2, -0.15) is 0 Å². The molecule has 1 heterocycles. The van der Waals surface area contributed by atoms with E-state index in [2.05, 4.69) is 4.90 Å². The third kappa shape index (κ3) is 3.64. The second-order valence-corrected chi connectivity index (χ2v) is 6.65. The Hall–Kier alpha value is -0.930. The van der Waals surface area contributed by atoms with Crippen LogP contribution < -0.4 is 0 Å². The second-order valence-electron chi connectivity index (χ2n) is 6.65. The maximum atomic E-state index is 13.2. The van der Waals surface area contributed by atoms with Gasteiger partial charge in [-0.3, -0.25) is 0 Å². The first-order chi connectivity index (χ1) is 10.2. The average molecular weight is 291 g/mol. The number of rotatable bonds is 4. The normalized spacial score (nSPS) is 28.1. The molecule has 21 heavy (non-hydrogen) atoms. The molecular weight excluding hydrogens is 265 g/mol. The van der Waals surface area contributed by atoms with E-state index in [9.17, 15) is 9.50 Å². The summed E-state index contributed by atoms with van der Waals surface area (Å²) in [5.74, 6) is 0.607. The van der Waals surface area contributed by atoms with Gasteiger partial charge in [-0.15, -0.1) is 0 Å². The van der Waals surface area contributed by atoms with Crippen molar-refractivity contribution in [3.8, 4) is 0 Å². The van der Waals surface area contributed by atoms with Gasteiger partial charge in [-0.05, 0) is 62.3 Å². The summed E-state index contributed by atoms with van der Waals surface area (Å²) in [7, 11) is 0. The van der Waals surface area contributed by atoms with Crippen LogP contribution in [0.5, 0.6) is 0 Å². The first-order valence-electron chi connectivity index (χ1n) is 8.41. The van der Waals surface area contributed by atoms with Crippen LogP contribution in [0.25, 0.3) is 0 Å². The van der Waals surface area contributed by atoms with Crippen molar-refractivity contribution >= 4 is 0 Å². The van der Waals surface area contributed by atoms with Gasteiger partial charge in [0.2, 0.25) is 0 Å². The SMILES string of the molecule is OC(CCN1CCCC2CCCCC21)c1cccc(F)c1. The fourth-order valence-corrected chi connectivity index (χ4v) is 4.17. The Labute approximate surface area is 127 Å². The molecule has 0 radical (unpaired) electrons. The smallest absolute Gasteiger partial charge is 0.123 e. The Kier molecular flexibility index (Phi) is 4.91. The van der Waals surface area contributed by atoms with Crippen LogP contribution in [-0.2, 0) is 0 Å². The minimum atomic E-state index is -0.551. The lowest BCUT2D eigenvalue weighted by atomic mass is 9.78. The van der Waals surface area contributed by atoms with E-state index in [1.54, 1.807) is 6.07 Å². The molecule has 1 saturated heterocycles. The summed E-state index contributed by atoms with van der Waals surface area (Å²) >= 11 is 0. The van der Waals surface area contributed by atoms with Crippen LogP contribution in [0.1, 0.15) is 56.6 Å². The van der Waals surface area contributed by atoms with Crippen molar-refractivity contribution in [2.24, 2.45) is 5.92 Å². The Bertz CT molecular complexity index is 462. The highest BCUT2D eigenvalue weighted by Crippen LogP contribution is 2.35. The molecule has 2 nitrogen and oxygen atoms in total. The van der Waals surface area contributed by atoms with E-state index in [0.717, 1.165) is 25.0 Å². The fraction of sp³-hybridized carbons (Fsp3) is 0.667. The van der Waals surface area contributed by atoms with Crippen molar-refractivity contribution in [3.05, 3.63) is 35.6 Å². The number of likely N-dealkylation sites (tertiary alicyclic amines) is 1. The lowest BCUT2D eigenvalue weighted by Gasteiger charge is -2.44. The molecule has 1 aliphatic carbocycles. The number of aliphatic hydroxyl groups is 1. The number of fused-ring (bicyclic) bond motifs is 1. The van der Waals surface area contributed by atoms with Crippen LogP contribution >= 0.6 is 0 Å². The molecule has 1 aromatic rings. The van der Waals surface area contributed by atoms with Gasteiger partial charge in [-0.1, -0.05) is 25.0 Å². The molecule has 1 aromatic carbocycles. The van der Waals surface area contributed by atoms with Gasteiger partial charge in [0, 0.05) is 12.6 Å². The van der Waals surface area contributed by atoms with Gasteiger partial charge in [0.1, 0.15) is 5.82 Å². The average Bonchev–Trinajstić information content (AvgIpc) is 2.52. The first-order valence-corrected chi connectivity index (χ1v) is 8.41. The molecule has 2 aliphatic rings. The number of benzene rings is 1. The molecule has 0 aromatic heterocycles. The maximum absolute atomic E-state index is 13.2. The zero-order chi connectivity index (χ0) is 14.7. The summed E-state index contributed by atoms with van der Waals surface area (Å²) in [4.78, 5) is 2.58. The molecule has 116 valence electrons. The minimum absolute atomic E-state index is 0.267. The second kappa shape index (κ2) is 6.89. The molecule has 1 aliphatic heterocycles. The molecule has 0 bridgehead atoms. The van der Waals surface area contributed by atoms with Gasteiger partial charge in [0.25, 0.3) is 0 Å². The highest BCUT2D eigenvalue weighted by Gasteiger charge is 2.32. The van der Waals surface area contributed by atoms with Crippen molar-refractivity contribution < 1.29 is 9.50 Å². The Morgan fingerprint density at radius 2 is 2.00 bits per heavy atom. The summed E-state index contributed by atoms with van der Waals surface area (Å²) < 4.78 is 13.2. The molecule has 0 amide bonds. The van der Waals surface area contributed by atoms with E-state index >= 15 is 0 Å². The topological polar surface area (TPSA) is 23.5 Å². The lowest BCUT2D eigenvalue weighted by molar-refractivity contribution is 0.0455. The van der Waals surface area contributed by atoms with Gasteiger partial charge >= 0.3 is 0 Å². The van der Waals surface area contributed by atoms with Crippen LogP contribution in [0.15, 0.2) is 24.3 Å². The molecule has 2 fully saturated rings. The fourth-order valence-electron chi connectivity index (χ4n) is 4.17. The van der Waals surface area contributed by atoms with E-state index in [1.807, 2.05) is 6.07 Å². The largest absolute Gasteiger partial charge is 0.388 e. The third-order valence-electron chi connectivity index (χ3n) is 5.28. The van der Waals surface area contributed by atoms with E-state index in [-0.39, 0.29) is 5.82 Å². The number of halogens is 1. The summed E-state index contributed by atoms with van der Waals surface area (Å²) in [6.45, 7) is 2.09. The quantitative estimate of drug-likeness (QED) is 0.909. The molecular formula is C18H26FNO. The minimum Gasteiger partial charge on any atom is -0.388 e. The summed E-state index contributed by atoms with van der Waals surface area (Å²) in [5, 5.41) is 10.3. The third-order valence-corrected chi connectivity index (χ3v) is 5.28. The predicted octanol–water partition coefficient (Wildman–Crippen LogP) is 3.90. The van der Waals surface area contributed by atoms with Crippen molar-refractivity contribution in [2.75, 3.05) is 13.1 Å². The Morgan fingerprint density at radius 1 is 1.19 bits per heavy atom. The zero-order valence-corrected chi connectivity index (χ0v) is 12.7. The van der Waals surface area contributed by atoms with Crippen LogP contribution in [0.4, 0.5) is 4.39 Å². The van der Waals surface area contributed by atoms with Crippen LogP contribution in [0.2, 0.25) is 0 Å².